The highest BCUT2D eigenvalue weighted by Crippen LogP contribution is 2.33. The Labute approximate surface area is 155 Å². The number of thiazole rings is 1. The van der Waals surface area contributed by atoms with E-state index in [1.807, 2.05) is 30.5 Å². The summed E-state index contributed by atoms with van der Waals surface area (Å²) in [5.74, 6) is 1.70. The molecule has 2 aromatic heterocycles. The van der Waals surface area contributed by atoms with E-state index in [0.29, 0.717) is 29.6 Å². The van der Waals surface area contributed by atoms with Gasteiger partial charge in [0.25, 0.3) is 0 Å². The number of furan rings is 1. The molecule has 0 atom stereocenters. The smallest absolute Gasteiger partial charge is 0.374 e. The number of aromatic nitrogens is 1. The van der Waals surface area contributed by atoms with Crippen molar-refractivity contribution in [1.29, 1.82) is 0 Å². The number of benzene rings is 1. The van der Waals surface area contributed by atoms with E-state index in [9.17, 15) is 4.79 Å². The fourth-order valence-corrected chi connectivity index (χ4v) is 3.14. The summed E-state index contributed by atoms with van der Waals surface area (Å²) in [6.07, 6.45) is 0. The molecule has 0 amide bonds. The average Bonchev–Trinajstić information content (AvgIpc) is 3.29. The number of rotatable bonds is 7. The van der Waals surface area contributed by atoms with Crippen LogP contribution in [0.25, 0.3) is 10.6 Å². The SMILES string of the molecule is CCOc1ccc(-c2nc(COC(=O)c3ccc(C)o3)cs2)cc1OC. The van der Waals surface area contributed by atoms with E-state index in [1.54, 1.807) is 26.2 Å². The highest BCUT2D eigenvalue weighted by molar-refractivity contribution is 7.13. The van der Waals surface area contributed by atoms with E-state index in [4.69, 9.17) is 18.6 Å². The van der Waals surface area contributed by atoms with Crippen molar-refractivity contribution in [3.8, 4) is 22.1 Å². The molecule has 0 N–H and O–H groups in total. The maximum Gasteiger partial charge on any atom is 0.374 e. The zero-order chi connectivity index (χ0) is 18.5. The predicted octanol–water partition coefficient (Wildman–Crippen LogP) is 4.48. The summed E-state index contributed by atoms with van der Waals surface area (Å²) in [6, 6.07) is 8.98. The number of ether oxygens (including phenoxy) is 3. The molecule has 3 aromatic rings. The molecule has 7 heteroatoms. The van der Waals surface area contributed by atoms with Crippen molar-refractivity contribution in [2.45, 2.75) is 20.5 Å². The molecule has 0 saturated heterocycles. The predicted molar refractivity (Wildman–Crippen MR) is 97.8 cm³/mol. The Morgan fingerprint density at radius 3 is 2.77 bits per heavy atom. The van der Waals surface area contributed by atoms with Gasteiger partial charge in [-0.15, -0.1) is 11.3 Å². The van der Waals surface area contributed by atoms with E-state index < -0.39 is 5.97 Å². The Hall–Kier alpha value is -2.80. The van der Waals surface area contributed by atoms with Crippen LogP contribution < -0.4 is 9.47 Å². The summed E-state index contributed by atoms with van der Waals surface area (Å²) in [7, 11) is 1.60. The van der Waals surface area contributed by atoms with Gasteiger partial charge in [-0.1, -0.05) is 0 Å². The van der Waals surface area contributed by atoms with Gasteiger partial charge in [-0.2, -0.15) is 0 Å². The quantitative estimate of drug-likeness (QED) is 0.569. The summed E-state index contributed by atoms with van der Waals surface area (Å²) >= 11 is 1.47. The fraction of sp³-hybridized carbons (Fsp3) is 0.263. The molecule has 0 unspecified atom stereocenters. The van der Waals surface area contributed by atoms with Crippen LogP contribution in [0, 0.1) is 6.92 Å². The molecule has 0 aliphatic rings. The number of hydrogen-bond donors (Lipinski definition) is 0. The van der Waals surface area contributed by atoms with Gasteiger partial charge in [-0.05, 0) is 44.2 Å². The molecule has 0 aliphatic heterocycles. The Kier molecular flexibility index (Phi) is 5.58. The summed E-state index contributed by atoms with van der Waals surface area (Å²) in [4.78, 5) is 16.4. The normalized spacial score (nSPS) is 10.6. The van der Waals surface area contributed by atoms with Crippen molar-refractivity contribution in [1.82, 2.24) is 4.98 Å². The lowest BCUT2D eigenvalue weighted by Gasteiger charge is -2.09. The molecule has 0 aliphatic carbocycles. The minimum absolute atomic E-state index is 0.0866. The lowest BCUT2D eigenvalue weighted by Crippen LogP contribution is -2.04. The third-order valence-corrected chi connectivity index (χ3v) is 4.50. The van der Waals surface area contributed by atoms with E-state index in [2.05, 4.69) is 4.98 Å². The van der Waals surface area contributed by atoms with Crippen LogP contribution in [0.15, 0.2) is 40.1 Å². The summed E-state index contributed by atoms with van der Waals surface area (Å²) in [5, 5.41) is 2.67. The Morgan fingerprint density at radius 1 is 1.23 bits per heavy atom. The third kappa shape index (κ3) is 4.05. The van der Waals surface area contributed by atoms with Gasteiger partial charge in [0.2, 0.25) is 5.76 Å². The second kappa shape index (κ2) is 8.05. The van der Waals surface area contributed by atoms with Crippen LogP contribution in [-0.2, 0) is 11.3 Å². The van der Waals surface area contributed by atoms with Gasteiger partial charge in [0.1, 0.15) is 17.4 Å². The number of carbonyl (C=O) groups is 1. The molecular weight excluding hydrogens is 354 g/mol. The molecule has 2 heterocycles. The van der Waals surface area contributed by atoms with Crippen LogP contribution in [-0.4, -0.2) is 24.7 Å². The maximum atomic E-state index is 11.9. The molecule has 0 radical (unpaired) electrons. The fourth-order valence-electron chi connectivity index (χ4n) is 2.34. The van der Waals surface area contributed by atoms with Crippen LogP contribution >= 0.6 is 11.3 Å². The molecule has 6 nitrogen and oxygen atoms in total. The standard InChI is InChI=1S/C19H19NO5S/c1-4-23-15-8-6-13(9-17(15)22-3)18-20-14(11-26-18)10-24-19(21)16-7-5-12(2)25-16/h5-9,11H,4,10H2,1-3H3. The van der Waals surface area contributed by atoms with Gasteiger partial charge < -0.3 is 18.6 Å². The second-order valence-corrected chi connectivity index (χ2v) is 6.29. The molecule has 136 valence electrons. The van der Waals surface area contributed by atoms with Crippen LogP contribution in [0.3, 0.4) is 0 Å². The number of methoxy groups -OCH3 is 1. The number of hydrogen-bond acceptors (Lipinski definition) is 7. The number of esters is 1. The zero-order valence-electron chi connectivity index (χ0n) is 14.8. The number of aryl methyl sites for hydroxylation is 1. The highest BCUT2D eigenvalue weighted by atomic mass is 32.1. The van der Waals surface area contributed by atoms with Gasteiger partial charge in [0.15, 0.2) is 11.5 Å². The average molecular weight is 373 g/mol. The van der Waals surface area contributed by atoms with E-state index in [-0.39, 0.29) is 12.4 Å². The summed E-state index contributed by atoms with van der Waals surface area (Å²) < 4.78 is 21.4. The lowest BCUT2D eigenvalue weighted by molar-refractivity contribution is 0.0430. The number of carbonyl (C=O) groups excluding carboxylic acids is 1. The largest absolute Gasteiger partial charge is 0.493 e. The van der Waals surface area contributed by atoms with E-state index in [0.717, 1.165) is 10.6 Å². The molecule has 0 spiro atoms. The van der Waals surface area contributed by atoms with Crippen molar-refractivity contribution in [2.24, 2.45) is 0 Å². The molecule has 0 fully saturated rings. The second-order valence-electron chi connectivity index (χ2n) is 5.43. The Bertz CT molecular complexity index is 899. The first kappa shape index (κ1) is 18.0. The van der Waals surface area contributed by atoms with Crippen molar-refractivity contribution < 1.29 is 23.4 Å². The monoisotopic (exact) mass is 373 g/mol. The van der Waals surface area contributed by atoms with Gasteiger partial charge in [-0.3, -0.25) is 0 Å². The third-order valence-electron chi connectivity index (χ3n) is 3.55. The molecule has 3 rings (SSSR count). The van der Waals surface area contributed by atoms with Crippen molar-refractivity contribution >= 4 is 17.3 Å². The molecule has 0 bridgehead atoms. The summed E-state index contributed by atoms with van der Waals surface area (Å²) in [6.45, 7) is 4.35. The first-order valence-electron chi connectivity index (χ1n) is 8.10. The van der Waals surface area contributed by atoms with Gasteiger partial charge >= 0.3 is 5.97 Å². The van der Waals surface area contributed by atoms with E-state index in [1.165, 1.54) is 11.3 Å². The Morgan fingerprint density at radius 2 is 2.08 bits per heavy atom. The van der Waals surface area contributed by atoms with Crippen LogP contribution in [0.2, 0.25) is 0 Å². The van der Waals surface area contributed by atoms with Crippen molar-refractivity contribution in [3.63, 3.8) is 0 Å². The molecule has 26 heavy (non-hydrogen) atoms. The molecule has 0 saturated carbocycles. The lowest BCUT2D eigenvalue weighted by atomic mass is 10.2. The van der Waals surface area contributed by atoms with Gasteiger partial charge in [-0.25, -0.2) is 9.78 Å². The first-order chi connectivity index (χ1) is 12.6. The minimum atomic E-state index is -0.504. The molecular formula is C19H19NO5S. The van der Waals surface area contributed by atoms with E-state index >= 15 is 0 Å². The van der Waals surface area contributed by atoms with Gasteiger partial charge in [0, 0.05) is 10.9 Å². The minimum Gasteiger partial charge on any atom is -0.493 e. The maximum absolute atomic E-state index is 11.9. The topological polar surface area (TPSA) is 70.8 Å². The zero-order valence-corrected chi connectivity index (χ0v) is 15.6. The highest BCUT2D eigenvalue weighted by Gasteiger charge is 2.14. The van der Waals surface area contributed by atoms with Crippen molar-refractivity contribution in [3.05, 3.63) is 52.9 Å². The Balaban J connectivity index is 1.68. The molecule has 1 aromatic carbocycles. The van der Waals surface area contributed by atoms with Crippen molar-refractivity contribution in [2.75, 3.05) is 13.7 Å². The van der Waals surface area contributed by atoms with Crippen LogP contribution in [0.5, 0.6) is 11.5 Å². The first-order valence-corrected chi connectivity index (χ1v) is 8.98. The van der Waals surface area contributed by atoms with Crippen LogP contribution in [0.1, 0.15) is 28.9 Å². The summed E-state index contributed by atoms with van der Waals surface area (Å²) in [5.41, 5.74) is 1.59. The van der Waals surface area contributed by atoms with Gasteiger partial charge in [0.05, 0.1) is 19.4 Å². The van der Waals surface area contributed by atoms with Crippen LogP contribution in [0.4, 0.5) is 0 Å². The number of nitrogens with zero attached hydrogens (tertiary/aromatic N) is 1.